The summed E-state index contributed by atoms with van der Waals surface area (Å²) in [5, 5.41) is 10.8. The Hall–Kier alpha value is -2.54. The van der Waals surface area contributed by atoms with E-state index in [-0.39, 0.29) is 18.1 Å². The molecule has 0 aliphatic carbocycles. The summed E-state index contributed by atoms with van der Waals surface area (Å²) in [5.41, 5.74) is 0.738. The Labute approximate surface area is 133 Å². The van der Waals surface area contributed by atoms with Crippen LogP contribution >= 0.6 is 0 Å². The molecule has 0 unspecified atom stereocenters. The molecule has 7 heteroatoms. The van der Waals surface area contributed by atoms with Crippen LogP contribution in [0.2, 0.25) is 0 Å². The molecule has 0 atom stereocenters. The predicted molar refractivity (Wildman–Crippen MR) is 83.8 cm³/mol. The van der Waals surface area contributed by atoms with Gasteiger partial charge < -0.3 is 15.0 Å². The van der Waals surface area contributed by atoms with Crippen LogP contribution in [0.1, 0.15) is 5.56 Å². The molecular weight excluding hydrogens is 299 g/mol. The average molecular weight is 316 g/mol. The molecular formula is C16H17FN4O2. The SMILES string of the molecule is O=C(Cc1ccc(F)cc1)Nc1ccc(N2CCOCC2)nn1. The minimum atomic E-state index is -0.321. The number of rotatable bonds is 4. The molecule has 0 spiro atoms. The van der Waals surface area contributed by atoms with Crippen LogP contribution in [0.5, 0.6) is 0 Å². The van der Waals surface area contributed by atoms with Crippen LogP contribution in [0.25, 0.3) is 0 Å². The smallest absolute Gasteiger partial charge is 0.229 e. The number of anilines is 2. The summed E-state index contributed by atoms with van der Waals surface area (Å²) >= 11 is 0. The summed E-state index contributed by atoms with van der Waals surface area (Å²) in [7, 11) is 0. The van der Waals surface area contributed by atoms with E-state index in [1.165, 1.54) is 12.1 Å². The molecule has 2 heterocycles. The number of ether oxygens (including phenoxy) is 1. The number of hydrogen-bond acceptors (Lipinski definition) is 5. The van der Waals surface area contributed by atoms with E-state index in [9.17, 15) is 9.18 Å². The van der Waals surface area contributed by atoms with Gasteiger partial charge in [0.1, 0.15) is 5.82 Å². The molecule has 0 bridgehead atoms. The standard InChI is InChI=1S/C16H17FN4O2/c17-13-3-1-12(2-4-13)11-16(22)18-14-5-6-15(20-19-14)21-7-9-23-10-8-21/h1-6H,7-11H2,(H,18,19,22). The number of amides is 1. The maximum Gasteiger partial charge on any atom is 0.229 e. The van der Waals surface area contributed by atoms with Crippen molar-refractivity contribution in [1.29, 1.82) is 0 Å². The van der Waals surface area contributed by atoms with Crippen LogP contribution in [0.3, 0.4) is 0 Å². The fourth-order valence-corrected chi connectivity index (χ4v) is 2.33. The Kier molecular flexibility index (Phi) is 4.77. The molecule has 1 amide bonds. The van der Waals surface area contributed by atoms with E-state index in [0.29, 0.717) is 19.0 Å². The topological polar surface area (TPSA) is 67.4 Å². The van der Waals surface area contributed by atoms with Gasteiger partial charge in [0.05, 0.1) is 19.6 Å². The quantitative estimate of drug-likeness (QED) is 0.929. The number of benzene rings is 1. The molecule has 1 aliphatic heterocycles. The molecule has 1 N–H and O–H groups in total. The van der Waals surface area contributed by atoms with Crippen molar-refractivity contribution in [2.24, 2.45) is 0 Å². The summed E-state index contributed by atoms with van der Waals surface area (Å²) in [6.45, 7) is 2.92. The lowest BCUT2D eigenvalue weighted by molar-refractivity contribution is -0.115. The van der Waals surface area contributed by atoms with Gasteiger partial charge in [0, 0.05) is 13.1 Å². The molecule has 0 saturated carbocycles. The molecule has 6 nitrogen and oxygen atoms in total. The van der Waals surface area contributed by atoms with Crippen molar-refractivity contribution < 1.29 is 13.9 Å². The van der Waals surface area contributed by atoms with Crippen molar-refractivity contribution in [3.63, 3.8) is 0 Å². The van der Waals surface area contributed by atoms with Gasteiger partial charge >= 0.3 is 0 Å². The highest BCUT2D eigenvalue weighted by atomic mass is 19.1. The van der Waals surface area contributed by atoms with Crippen LogP contribution in [-0.2, 0) is 16.0 Å². The van der Waals surface area contributed by atoms with Crippen LogP contribution in [0.4, 0.5) is 16.0 Å². The average Bonchev–Trinajstić information content (AvgIpc) is 2.58. The highest BCUT2D eigenvalue weighted by Crippen LogP contribution is 2.13. The van der Waals surface area contributed by atoms with Crippen molar-refractivity contribution >= 4 is 17.5 Å². The van der Waals surface area contributed by atoms with Gasteiger partial charge in [0.2, 0.25) is 5.91 Å². The first kappa shape index (κ1) is 15.4. The minimum absolute atomic E-state index is 0.160. The lowest BCUT2D eigenvalue weighted by Crippen LogP contribution is -2.36. The Morgan fingerprint density at radius 3 is 2.52 bits per heavy atom. The number of nitrogens with one attached hydrogen (secondary N) is 1. The largest absolute Gasteiger partial charge is 0.378 e. The third kappa shape index (κ3) is 4.23. The minimum Gasteiger partial charge on any atom is -0.378 e. The number of halogens is 1. The second-order valence-corrected chi connectivity index (χ2v) is 5.23. The van der Waals surface area contributed by atoms with Gasteiger partial charge in [-0.05, 0) is 29.8 Å². The highest BCUT2D eigenvalue weighted by molar-refractivity contribution is 5.91. The summed E-state index contributed by atoms with van der Waals surface area (Å²) in [5.74, 6) is 0.628. The number of hydrogen-bond donors (Lipinski definition) is 1. The third-order valence-electron chi connectivity index (χ3n) is 3.53. The zero-order valence-electron chi connectivity index (χ0n) is 12.5. The fourth-order valence-electron chi connectivity index (χ4n) is 2.33. The second-order valence-electron chi connectivity index (χ2n) is 5.23. The molecule has 1 fully saturated rings. The molecule has 2 aromatic rings. The molecule has 120 valence electrons. The van der Waals surface area contributed by atoms with E-state index in [4.69, 9.17) is 4.74 Å². The van der Waals surface area contributed by atoms with Crippen molar-refractivity contribution in [2.45, 2.75) is 6.42 Å². The van der Waals surface area contributed by atoms with E-state index in [1.807, 2.05) is 6.07 Å². The number of nitrogens with zero attached hydrogens (tertiary/aromatic N) is 3. The Morgan fingerprint density at radius 2 is 1.87 bits per heavy atom. The van der Waals surface area contributed by atoms with Crippen LogP contribution in [0, 0.1) is 5.82 Å². The van der Waals surface area contributed by atoms with E-state index in [1.54, 1.807) is 18.2 Å². The Morgan fingerprint density at radius 1 is 1.13 bits per heavy atom. The monoisotopic (exact) mass is 316 g/mol. The molecule has 1 aromatic heterocycles. The lowest BCUT2D eigenvalue weighted by Gasteiger charge is -2.27. The first-order valence-electron chi connectivity index (χ1n) is 7.41. The van der Waals surface area contributed by atoms with Crippen molar-refractivity contribution in [3.05, 3.63) is 47.8 Å². The van der Waals surface area contributed by atoms with E-state index >= 15 is 0 Å². The summed E-state index contributed by atoms with van der Waals surface area (Å²) in [6, 6.07) is 9.38. The Balaban J connectivity index is 1.57. The summed E-state index contributed by atoms with van der Waals surface area (Å²) in [4.78, 5) is 14.0. The van der Waals surface area contributed by atoms with E-state index < -0.39 is 0 Å². The van der Waals surface area contributed by atoms with Gasteiger partial charge in [-0.25, -0.2) is 4.39 Å². The van der Waals surface area contributed by atoms with E-state index in [2.05, 4.69) is 20.4 Å². The zero-order valence-corrected chi connectivity index (χ0v) is 12.5. The van der Waals surface area contributed by atoms with Crippen LogP contribution in [0.15, 0.2) is 36.4 Å². The molecule has 1 aliphatic rings. The third-order valence-corrected chi connectivity index (χ3v) is 3.53. The first-order chi connectivity index (χ1) is 11.2. The molecule has 3 rings (SSSR count). The van der Waals surface area contributed by atoms with Gasteiger partial charge in [0.15, 0.2) is 11.6 Å². The van der Waals surface area contributed by atoms with Gasteiger partial charge in [-0.3, -0.25) is 4.79 Å². The first-order valence-corrected chi connectivity index (χ1v) is 7.41. The van der Waals surface area contributed by atoms with Gasteiger partial charge in [0.25, 0.3) is 0 Å². The number of morpholine rings is 1. The van der Waals surface area contributed by atoms with Crippen molar-refractivity contribution in [2.75, 3.05) is 36.5 Å². The molecule has 1 saturated heterocycles. The number of carbonyl (C=O) groups excluding carboxylic acids is 1. The van der Waals surface area contributed by atoms with Crippen molar-refractivity contribution in [1.82, 2.24) is 10.2 Å². The molecule has 1 aromatic carbocycles. The maximum atomic E-state index is 12.8. The normalized spacial score (nSPS) is 14.6. The second kappa shape index (κ2) is 7.15. The maximum absolute atomic E-state index is 12.8. The van der Waals surface area contributed by atoms with Crippen LogP contribution < -0.4 is 10.2 Å². The van der Waals surface area contributed by atoms with Crippen LogP contribution in [-0.4, -0.2) is 42.4 Å². The number of aromatic nitrogens is 2. The lowest BCUT2D eigenvalue weighted by atomic mass is 10.1. The predicted octanol–water partition coefficient (Wildman–Crippen LogP) is 1.63. The van der Waals surface area contributed by atoms with E-state index in [0.717, 1.165) is 24.5 Å². The van der Waals surface area contributed by atoms with Gasteiger partial charge in [-0.1, -0.05) is 12.1 Å². The highest BCUT2D eigenvalue weighted by Gasteiger charge is 2.13. The van der Waals surface area contributed by atoms with Crippen molar-refractivity contribution in [3.8, 4) is 0 Å². The number of carbonyl (C=O) groups is 1. The molecule has 23 heavy (non-hydrogen) atoms. The zero-order chi connectivity index (χ0) is 16.1. The fraction of sp³-hybridized carbons (Fsp3) is 0.312. The summed E-state index contributed by atoms with van der Waals surface area (Å²) in [6.07, 6.45) is 0.160. The molecule has 0 radical (unpaired) electrons. The summed E-state index contributed by atoms with van der Waals surface area (Å²) < 4.78 is 18.1. The van der Waals surface area contributed by atoms with Gasteiger partial charge in [-0.15, -0.1) is 10.2 Å². The Bertz CT molecular complexity index is 655. The van der Waals surface area contributed by atoms with Gasteiger partial charge in [-0.2, -0.15) is 0 Å².